The van der Waals surface area contributed by atoms with Crippen LogP contribution in [0.25, 0.3) is 11.0 Å². The van der Waals surface area contributed by atoms with Crippen LogP contribution in [0.15, 0.2) is 60.7 Å². The Hall–Kier alpha value is -2.24. The predicted molar refractivity (Wildman–Crippen MR) is 119 cm³/mol. The second-order valence-electron chi connectivity index (χ2n) is 6.58. The molecule has 0 saturated carbocycles. The third kappa shape index (κ3) is 5.03. The maximum atomic E-state index is 6.24. The molecular weight excluding hydrogens is 429 g/mol. The lowest BCUT2D eigenvalue weighted by molar-refractivity contribution is 0.302. The predicted octanol–water partition coefficient (Wildman–Crippen LogP) is 6.39. The number of hydrogen-bond acceptors (Lipinski definition) is 3. The van der Waals surface area contributed by atoms with Gasteiger partial charge in [0.05, 0.1) is 17.6 Å². The van der Waals surface area contributed by atoms with Gasteiger partial charge >= 0.3 is 0 Å². The van der Waals surface area contributed by atoms with Crippen LogP contribution in [0.2, 0.25) is 15.1 Å². The van der Waals surface area contributed by atoms with E-state index in [0.29, 0.717) is 34.8 Å². The van der Waals surface area contributed by atoms with E-state index in [-0.39, 0.29) is 0 Å². The van der Waals surface area contributed by atoms with Gasteiger partial charge in [0.1, 0.15) is 18.2 Å². The summed E-state index contributed by atoms with van der Waals surface area (Å²) >= 11 is 18.4. The highest BCUT2D eigenvalue weighted by Gasteiger charge is 2.08. The molecule has 0 spiro atoms. The van der Waals surface area contributed by atoms with Crippen molar-refractivity contribution in [3.05, 3.63) is 92.7 Å². The number of rotatable bonds is 7. The number of benzene rings is 3. The number of hydrogen-bond donors (Lipinski definition) is 2. The number of nitrogens with one attached hydrogen (secondary N) is 2. The van der Waals surface area contributed by atoms with Crippen LogP contribution in [-0.4, -0.2) is 9.97 Å². The number of H-pyrrole nitrogens is 1. The normalized spacial score (nSPS) is 11.1. The Kier molecular flexibility index (Phi) is 6.26. The number of fused-ring (bicyclic) bond motifs is 1. The van der Waals surface area contributed by atoms with Crippen molar-refractivity contribution < 1.29 is 4.74 Å². The maximum absolute atomic E-state index is 6.24. The summed E-state index contributed by atoms with van der Waals surface area (Å²) in [5.74, 6) is 1.63. The molecule has 0 aliphatic rings. The van der Waals surface area contributed by atoms with Gasteiger partial charge in [-0.15, -0.1) is 0 Å². The van der Waals surface area contributed by atoms with Crippen molar-refractivity contribution in [2.75, 3.05) is 0 Å². The van der Waals surface area contributed by atoms with E-state index < -0.39 is 0 Å². The zero-order valence-electron chi connectivity index (χ0n) is 15.4. The molecule has 29 heavy (non-hydrogen) atoms. The van der Waals surface area contributed by atoms with E-state index in [1.807, 2.05) is 48.5 Å². The SMILES string of the molecule is Clc1ccc(COc2ccc(Cl)cc2CNCc2nc3ccccc3[nH]2)c(Cl)c1. The van der Waals surface area contributed by atoms with Gasteiger partial charge in [-0.05, 0) is 42.5 Å². The highest BCUT2D eigenvalue weighted by Crippen LogP contribution is 2.26. The first-order chi connectivity index (χ1) is 14.1. The molecule has 0 atom stereocenters. The zero-order valence-corrected chi connectivity index (χ0v) is 17.7. The number of aromatic amines is 1. The highest BCUT2D eigenvalue weighted by molar-refractivity contribution is 6.35. The van der Waals surface area contributed by atoms with E-state index in [1.54, 1.807) is 12.1 Å². The lowest BCUT2D eigenvalue weighted by atomic mass is 10.2. The number of nitrogens with zero attached hydrogens (tertiary/aromatic N) is 1. The topological polar surface area (TPSA) is 49.9 Å². The average Bonchev–Trinajstić information content (AvgIpc) is 3.11. The Labute approximate surface area is 183 Å². The van der Waals surface area contributed by atoms with Crippen molar-refractivity contribution in [3.8, 4) is 5.75 Å². The van der Waals surface area contributed by atoms with Crippen molar-refractivity contribution in [1.29, 1.82) is 0 Å². The average molecular weight is 447 g/mol. The van der Waals surface area contributed by atoms with Crippen molar-refractivity contribution >= 4 is 45.8 Å². The molecule has 148 valence electrons. The fourth-order valence-corrected chi connectivity index (χ4v) is 3.68. The van der Waals surface area contributed by atoms with Crippen LogP contribution in [0.4, 0.5) is 0 Å². The number of imidazole rings is 1. The molecule has 0 radical (unpaired) electrons. The molecule has 0 saturated heterocycles. The number of para-hydroxylation sites is 2. The fourth-order valence-electron chi connectivity index (χ4n) is 3.03. The third-order valence-corrected chi connectivity index (χ3v) is 5.29. The summed E-state index contributed by atoms with van der Waals surface area (Å²) in [7, 11) is 0. The molecule has 1 aromatic heterocycles. The number of halogens is 3. The Morgan fingerprint density at radius 2 is 1.66 bits per heavy atom. The van der Waals surface area contributed by atoms with E-state index in [1.165, 1.54) is 0 Å². The molecule has 0 aliphatic heterocycles. The standard InChI is InChI=1S/C22H18Cl3N3O/c23-16-7-8-21(29-13-14-5-6-17(24)10-18(14)25)15(9-16)11-26-12-22-27-19-3-1-2-4-20(19)28-22/h1-10,26H,11-13H2,(H,27,28). The molecule has 3 aromatic carbocycles. The second-order valence-corrected chi connectivity index (χ2v) is 7.86. The summed E-state index contributed by atoms with van der Waals surface area (Å²) in [5, 5.41) is 5.22. The molecule has 0 amide bonds. The summed E-state index contributed by atoms with van der Waals surface area (Å²) in [5.41, 5.74) is 3.80. The summed E-state index contributed by atoms with van der Waals surface area (Å²) in [6, 6.07) is 18.9. The van der Waals surface area contributed by atoms with Gasteiger partial charge in [0.25, 0.3) is 0 Å². The van der Waals surface area contributed by atoms with Gasteiger partial charge < -0.3 is 15.0 Å². The fraction of sp³-hybridized carbons (Fsp3) is 0.136. The zero-order chi connectivity index (χ0) is 20.2. The van der Waals surface area contributed by atoms with Crippen LogP contribution >= 0.6 is 34.8 Å². The van der Waals surface area contributed by atoms with E-state index in [0.717, 1.165) is 33.7 Å². The van der Waals surface area contributed by atoms with Crippen LogP contribution in [-0.2, 0) is 19.7 Å². The third-order valence-electron chi connectivity index (χ3n) is 4.47. The highest BCUT2D eigenvalue weighted by atomic mass is 35.5. The van der Waals surface area contributed by atoms with Crippen LogP contribution in [0, 0.1) is 0 Å². The quantitative estimate of drug-likeness (QED) is 0.346. The molecule has 4 nitrogen and oxygen atoms in total. The molecule has 4 aromatic rings. The smallest absolute Gasteiger partial charge is 0.124 e. The first kappa shape index (κ1) is 20.0. The molecule has 1 heterocycles. The van der Waals surface area contributed by atoms with E-state index in [2.05, 4.69) is 15.3 Å². The van der Waals surface area contributed by atoms with E-state index in [4.69, 9.17) is 39.5 Å². The minimum atomic E-state index is 0.341. The van der Waals surface area contributed by atoms with Crippen molar-refractivity contribution in [2.45, 2.75) is 19.7 Å². The van der Waals surface area contributed by atoms with Crippen LogP contribution in [0.3, 0.4) is 0 Å². The number of ether oxygens (including phenoxy) is 1. The van der Waals surface area contributed by atoms with Gasteiger partial charge in [-0.3, -0.25) is 0 Å². The van der Waals surface area contributed by atoms with Gasteiger partial charge in [0, 0.05) is 32.7 Å². The molecular formula is C22H18Cl3N3O. The van der Waals surface area contributed by atoms with Crippen molar-refractivity contribution in [1.82, 2.24) is 15.3 Å². The van der Waals surface area contributed by atoms with Crippen LogP contribution in [0.1, 0.15) is 17.0 Å². The minimum Gasteiger partial charge on any atom is -0.489 e. The summed E-state index contributed by atoms with van der Waals surface area (Å²) in [6.07, 6.45) is 0. The van der Waals surface area contributed by atoms with E-state index >= 15 is 0 Å². The molecule has 0 bridgehead atoms. The van der Waals surface area contributed by atoms with Gasteiger partial charge in [0.2, 0.25) is 0 Å². The Morgan fingerprint density at radius 1 is 0.862 bits per heavy atom. The lowest BCUT2D eigenvalue weighted by Crippen LogP contribution is -2.14. The Balaban J connectivity index is 1.42. The van der Waals surface area contributed by atoms with Crippen LogP contribution < -0.4 is 10.1 Å². The Morgan fingerprint density at radius 3 is 2.48 bits per heavy atom. The molecule has 7 heteroatoms. The van der Waals surface area contributed by atoms with Crippen LogP contribution in [0.5, 0.6) is 5.75 Å². The van der Waals surface area contributed by atoms with Crippen molar-refractivity contribution in [3.63, 3.8) is 0 Å². The Bertz CT molecular complexity index is 1110. The summed E-state index contributed by atoms with van der Waals surface area (Å²) in [6.45, 7) is 1.53. The summed E-state index contributed by atoms with van der Waals surface area (Å²) < 4.78 is 6.00. The molecule has 0 aliphatic carbocycles. The minimum absolute atomic E-state index is 0.341. The van der Waals surface area contributed by atoms with Gasteiger partial charge in [-0.1, -0.05) is 53.0 Å². The molecule has 0 unspecified atom stereocenters. The molecule has 4 rings (SSSR count). The van der Waals surface area contributed by atoms with Crippen molar-refractivity contribution in [2.24, 2.45) is 0 Å². The maximum Gasteiger partial charge on any atom is 0.124 e. The number of aromatic nitrogens is 2. The lowest BCUT2D eigenvalue weighted by Gasteiger charge is -2.13. The second kappa shape index (κ2) is 9.06. The van der Waals surface area contributed by atoms with Gasteiger partial charge in [-0.2, -0.15) is 0 Å². The molecule has 2 N–H and O–H groups in total. The first-order valence-corrected chi connectivity index (χ1v) is 10.2. The monoisotopic (exact) mass is 445 g/mol. The van der Waals surface area contributed by atoms with Gasteiger partial charge in [0.15, 0.2) is 0 Å². The summed E-state index contributed by atoms with van der Waals surface area (Å²) in [4.78, 5) is 7.88. The largest absolute Gasteiger partial charge is 0.489 e. The van der Waals surface area contributed by atoms with Gasteiger partial charge in [-0.25, -0.2) is 4.98 Å². The van der Waals surface area contributed by atoms with E-state index in [9.17, 15) is 0 Å². The molecule has 0 fully saturated rings. The first-order valence-electron chi connectivity index (χ1n) is 9.08.